The van der Waals surface area contributed by atoms with Crippen molar-refractivity contribution in [1.29, 1.82) is 0 Å². The van der Waals surface area contributed by atoms with Gasteiger partial charge >= 0.3 is 0 Å². The van der Waals surface area contributed by atoms with Crippen LogP contribution in [0.5, 0.6) is 0 Å². The second-order valence-corrected chi connectivity index (χ2v) is 3.71. The minimum Gasteiger partial charge on any atom is -0.438 e. The molecule has 2 unspecified atom stereocenters. The molecule has 0 saturated carbocycles. The van der Waals surface area contributed by atoms with Gasteiger partial charge < -0.3 is 19.5 Å². The molecule has 5 nitrogen and oxygen atoms in total. The van der Waals surface area contributed by atoms with Crippen LogP contribution in [0.4, 0.5) is 5.88 Å². The van der Waals surface area contributed by atoms with Crippen molar-refractivity contribution in [3.63, 3.8) is 0 Å². The van der Waals surface area contributed by atoms with Crippen molar-refractivity contribution in [3.05, 3.63) is 17.9 Å². The van der Waals surface area contributed by atoms with Gasteiger partial charge in [0.25, 0.3) is 0 Å². The molecule has 1 saturated heterocycles. The molecule has 1 aromatic heterocycles. The zero-order valence-electron chi connectivity index (χ0n) is 8.17. The molecule has 1 fully saturated rings. The van der Waals surface area contributed by atoms with Gasteiger partial charge in [0, 0.05) is 25.1 Å². The summed E-state index contributed by atoms with van der Waals surface area (Å²) in [5.41, 5.74) is 0. The number of carbonyl (C=O) groups excluding carboxylic acids is 1. The number of nitrogens with zero attached hydrogens (tertiary/aromatic N) is 1. The van der Waals surface area contributed by atoms with Gasteiger partial charge in [-0.3, -0.25) is 4.79 Å². The molecule has 1 aliphatic heterocycles. The third kappa shape index (κ3) is 1.88. The van der Waals surface area contributed by atoms with Crippen molar-refractivity contribution in [2.75, 3.05) is 24.6 Å². The number of aldehydes is 1. The molecule has 1 aliphatic rings. The second-order valence-electron chi connectivity index (χ2n) is 3.71. The maximum Gasteiger partial charge on any atom is 0.196 e. The summed E-state index contributed by atoms with van der Waals surface area (Å²) in [7, 11) is 0. The fraction of sp³-hybridized carbons (Fsp3) is 0.500. The Kier molecular flexibility index (Phi) is 2.75. The fourth-order valence-electron chi connectivity index (χ4n) is 1.79. The highest BCUT2D eigenvalue weighted by atomic mass is 16.4. The number of anilines is 1. The maximum absolute atomic E-state index is 10.4. The molecular weight excluding hydrogens is 198 g/mol. The number of aliphatic hydroxyl groups excluding tert-OH is 2. The first-order chi connectivity index (χ1) is 7.24. The summed E-state index contributed by atoms with van der Waals surface area (Å²) in [6.45, 7) is 0.930. The molecule has 2 N–H and O–H groups in total. The Labute approximate surface area is 86.9 Å². The van der Waals surface area contributed by atoms with E-state index in [1.807, 2.05) is 4.90 Å². The van der Waals surface area contributed by atoms with E-state index in [1.165, 1.54) is 0 Å². The van der Waals surface area contributed by atoms with E-state index in [-0.39, 0.29) is 18.3 Å². The fourth-order valence-corrected chi connectivity index (χ4v) is 1.79. The molecule has 1 aromatic rings. The first-order valence-corrected chi connectivity index (χ1v) is 4.83. The largest absolute Gasteiger partial charge is 0.438 e. The average Bonchev–Trinajstić information content (AvgIpc) is 2.83. The van der Waals surface area contributed by atoms with Gasteiger partial charge in [0.1, 0.15) is 0 Å². The van der Waals surface area contributed by atoms with E-state index in [2.05, 4.69) is 0 Å². The van der Waals surface area contributed by atoms with Gasteiger partial charge in [-0.2, -0.15) is 0 Å². The van der Waals surface area contributed by atoms with Crippen LogP contribution < -0.4 is 4.90 Å². The zero-order chi connectivity index (χ0) is 10.8. The van der Waals surface area contributed by atoms with Crippen LogP contribution in [0.2, 0.25) is 0 Å². The summed E-state index contributed by atoms with van der Waals surface area (Å²) >= 11 is 0. The van der Waals surface area contributed by atoms with Gasteiger partial charge in [-0.25, -0.2) is 0 Å². The van der Waals surface area contributed by atoms with Crippen molar-refractivity contribution in [1.82, 2.24) is 0 Å². The minimum absolute atomic E-state index is 0.0427. The summed E-state index contributed by atoms with van der Waals surface area (Å²) in [5, 5.41) is 18.6. The van der Waals surface area contributed by atoms with Gasteiger partial charge in [-0.1, -0.05) is 0 Å². The molecule has 82 valence electrons. The third-order valence-corrected chi connectivity index (χ3v) is 2.68. The van der Waals surface area contributed by atoms with Crippen LogP contribution in [0.25, 0.3) is 0 Å². The molecule has 5 heteroatoms. The van der Waals surface area contributed by atoms with E-state index in [9.17, 15) is 9.90 Å². The number of β-amino-alcohol motifs (C(OH)–C–C–N with tert-alkyl or cyclic N) is 1. The van der Waals surface area contributed by atoms with Crippen LogP contribution in [-0.4, -0.2) is 42.3 Å². The Morgan fingerprint density at radius 2 is 2.33 bits per heavy atom. The number of rotatable bonds is 3. The monoisotopic (exact) mass is 211 g/mol. The SMILES string of the molecule is O=Cc1ccc(N2CC(O)C(CO)C2)o1. The van der Waals surface area contributed by atoms with Crippen LogP contribution in [0.15, 0.2) is 16.5 Å². The summed E-state index contributed by atoms with van der Waals surface area (Å²) < 4.78 is 5.22. The lowest BCUT2D eigenvalue weighted by Gasteiger charge is -2.13. The van der Waals surface area contributed by atoms with E-state index < -0.39 is 6.10 Å². The first-order valence-electron chi connectivity index (χ1n) is 4.83. The van der Waals surface area contributed by atoms with Crippen molar-refractivity contribution in [2.45, 2.75) is 6.10 Å². The maximum atomic E-state index is 10.4. The Balaban J connectivity index is 2.09. The lowest BCUT2D eigenvalue weighted by atomic mass is 10.1. The molecule has 15 heavy (non-hydrogen) atoms. The van der Waals surface area contributed by atoms with Gasteiger partial charge in [0.05, 0.1) is 12.7 Å². The van der Waals surface area contributed by atoms with Crippen LogP contribution in [0, 0.1) is 5.92 Å². The molecule has 0 spiro atoms. The average molecular weight is 211 g/mol. The predicted octanol–water partition coefficient (Wildman–Crippen LogP) is -0.118. The Hall–Kier alpha value is -1.33. The topological polar surface area (TPSA) is 73.9 Å². The molecule has 0 bridgehead atoms. The second kappa shape index (κ2) is 4.04. The number of carbonyl (C=O) groups is 1. The van der Waals surface area contributed by atoms with E-state index in [0.717, 1.165) is 0 Å². The molecule has 2 rings (SSSR count). The third-order valence-electron chi connectivity index (χ3n) is 2.68. The van der Waals surface area contributed by atoms with Crippen LogP contribution in [0.1, 0.15) is 10.6 Å². The smallest absolute Gasteiger partial charge is 0.196 e. The summed E-state index contributed by atoms with van der Waals surface area (Å²) in [6.07, 6.45) is 0.0965. The Morgan fingerprint density at radius 3 is 2.87 bits per heavy atom. The number of aliphatic hydroxyl groups is 2. The zero-order valence-corrected chi connectivity index (χ0v) is 8.17. The van der Waals surface area contributed by atoms with Gasteiger partial charge in [0.15, 0.2) is 17.9 Å². The van der Waals surface area contributed by atoms with Crippen LogP contribution >= 0.6 is 0 Å². The molecule has 0 aliphatic carbocycles. The summed E-state index contributed by atoms with van der Waals surface area (Å²) in [5.74, 6) is 0.689. The van der Waals surface area contributed by atoms with Crippen molar-refractivity contribution in [2.24, 2.45) is 5.92 Å². The highest BCUT2D eigenvalue weighted by molar-refractivity contribution is 5.71. The van der Waals surface area contributed by atoms with E-state index in [4.69, 9.17) is 9.52 Å². The van der Waals surface area contributed by atoms with Gasteiger partial charge in [0.2, 0.25) is 0 Å². The number of furan rings is 1. The van der Waals surface area contributed by atoms with Crippen molar-refractivity contribution in [3.8, 4) is 0 Å². The normalized spacial score (nSPS) is 25.9. The molecule has 0 amide bonds. The lowest BCUT2D eigenvalue weighted by Crippen LogP contribution is -2.20. The Morgan fingerprint density at radius 1 is 1.53 bits per heavy atom. The highest BCUT2D eigenvalue weighted by Gasteiger charge is 2.32. The van der Waals surface area contributed by atoms with Crippen molar-refractivity contribution >= 4 is 12.2 Å². The molecule has 0 aromatic carbocycles. The van der Waals surface area contributed by atoms with Gasteiger partial charge in [-0.15, -0.1) is 0 Å². The van der Waals surface area contributed by atoms with E-state index >= 15 is 0 Å². The van der Waals surface area contributed by atoms with E-state index in [1.54, 1.807) is 12.1 Å². The van der Waals surface area contributed by atoms with Crippen LogP contribution in [0.3, 0.4) is 0 Å². The molecule has 2 atom stereocenters. The molecule has 0 radical (unpaired) electrons. The highest BCUT2D eigenvalue weighted by Crippen LogP contribution is 2.25. The summed E-state index contributed by atoms with van der Waals surface area (Å²) in [4.78, 5) is 12.2. The van der Waals surface area contributed by atoms with Crippen molar-refractivity contribution < 1.29 is 19.4 Å². The van der Waals surface area contributed by atoms with Crippen LogP contribution in [-0.2, 0) is 0 Å². The quantitative estimate of drug-likeness (QED) is 0.682. The molecule has 2 heterocycles. The standard InChI is InChI=1S/C10H13NO4/c12-5-7-3-11(4-9(7)14)10-2-1-8(6-13)15-10/h1-2,6-7,9,12,14H,3-5H2. The number of hydrogen-bond acceptors (Lipinski definition) is 5. The summed E-state index contributed by atoms with van der Waals surface area (Å²) in [6, 6.07) is 3.27. The number of hydrogen-bond donors (Lipinski definition) is 2. The molecular formula is C10H13NO4. The first kappa shape index (κ1) is 10.2. The predicted molar refractivity (Wildman–Crippen MR) is 52.9 cm³/mol. The van der Waals surface area contributed by atoms with E-state index in [0.29, 0.717) is 25.3 Å². The minimum atomic E-state index is -0.542. The Bertz CT molecular complexity index is 349. The lowest BCUT2D eigenvalue weighted by molar-refractivity contribution is 0.104. The van der Waals surface area contributed by atoms with Gasteiger partial charge in [-0.05, 0) is 6.07 Å².